The predicted molar refractivity (Wildman–Crippen MR) is 52.7 cm³/mol. The molecule has 3 N–H and O–H groups in total. The lowest BCUT2D eigenvalue weighted by Gasteiger charge is -2.19. The number of rotatable bonds is 6. The quantitative estimate of drug-likeness (QED) is 0.630. The molecule has 5 nitrogen and oxygen atoms in total. The first kappa shape index (κ1) is 12.9. The van der Waals surface area contributed by atoms with Crippen LogP contribution in [0.4, 0.5) is 0 Å². The molecule has 0 aromatic carbocycles. The molecule has 5 heteroatoms. The van der Waals surface area contributed by atoms with Gasteiger partial charge in [-0.2, -0.15) is 0 Å². The van der Waals surface area contributed by atoms with Gasteiger partial charge in [-0.1, -0.05) is 6.92 Å². The minimum Gasteiger partial charge on any atom is -0.481 e. The van der Waals surface area contributed by atoms with E-state index in [0.29, 0.717) is 19.5 Å². The van der Waals surface area contributed by atoms with Crippen molar-refractivity contribution in [1.29, 1.82) is 0 Å². The second-order valence-corrected chi connectivity index (χ2v) is 3.39. The number of carboxylic acids is 1. The Kier molecular flexibility index (Phi) is 5.87. The monoisotopic (exact) mass is 202 g/mol. The third kappa shape index (κ3) is 4.81. The van der Waals surface area contributed by atoms with E-state index in [1.165, 1.54) is 4.90 Å². The zero-order valence-electron chi connectivity index (χ0n) is 8.69. The Hall–Kier alpha value is -1.10. The van der Waals surface area contributed by atoms with Crippen LogP contribution in [0.1, 0.15) is 19.8 Å². The maximum atomic E-state index is 11.4. The molecule has 0 aromatic rings. The van der Waals surface area contributed by atoms with E-state index >= 15 is 0 Å². The first-order chi connectivity index (χ1) is 6.49. The van der Waals surface area contributed by atoms with Crippen LogP contribution in [0.3, 0.4) is 0 Å². The van der Waals surface area contributed by atoms with Crippen molar-refractivity contribution in [1.82, 2.24) is 4.90 Å². The Morgan fingerprint density at radius 3 is 2.50 bits per heavy atom. The molecule has 0 saturated heterocycles. The van der Waals surface area contributed by atoms with Gasteiger partial charge in [0.1, 0.15) is 0 Å². The fourth-order valence-electron chi connectivity index (χ4n) is 1.05. The van der Waals surface area contributed by atoms with Crippen molar-refractivity contribution < 1.29 is 14.7 Å². The molecule has 1 atom stereocenters. The molecule has 0 heterocycles. The summed E-state index contributed by atoms with van der Waals surface area (Å²) in [5, 5.41) is 8.40. The summed E-state index contributed by atoms with van der Waals surface area (Å²) in [4.78, 5) is 23.2. The van der Waals surface area contributed by atoms with Crippen LogP contribution < -0.4 is 5.73 Å². The van der Waals surface area contributed by atoms with Crippen LogP contribution in [0.2, 0.25) is 0 Å². The fourth-order valence-corrected chi connectivity index (χ4v) is 1.05. The van der Waals surface area contributed by atoms with Crippen molar-refractivity contribution in [2.75, 3.05) is 20.1 Å². The van der Waals surface area contributed by atoms with Gasteiger partial charge in [-0.3, -0.25) is 9.59 Å². The number of carbonyl (C=O) groups excluding carboxylic acids is 1. The Bertz CT molecular complexity index is 206. The summed E-state index contributed by atoms with van der Waals surface area (Å²) in [6.07, 6.45) is 0.573. The second-order valence-electron chi connectivity index (χ2n) is 3.39. The highest BCUT2D eigenvalue weighted by molar-refractivity contribution is 5.78. The number of nitrogens with zero attached hydrogens (tertiary/aromatic N) is 1. The van der Waals surface area contributed by atoms with Crippen molar-refractivity contribution in [3.63, 3.8) is 0 Å². The molecule has 0 aliphatic heterocycles. The van der Waals surface area contributed by atoms with Crippen LogP contribution in [0, 0.1) is 5.92 Å². The van der Waals surface area contributed by atoms with Crippen molar-refractivity contribution in [3.8, 4) is 0 Å². The molecule has 0 radical (unpaired) electrons. The highest BCUT2D eigenvalue weighted by atomic mass is 16.4. The van der Waals surface area contributed by atoms with Crippen LogP contribution in [-0.4, -0.2) is 42.0 Å². The Morgan fingerprint density at radius 2 is 2.07 bits per heavy atom. The molecule has 1 amide bonds. The van der Waals surface area contributed by atoms with E-state index in [2.05, 4.69) is 0 Å². The molecule has 0 fully saturated rings. The maximum absolute atomic E-state index is 11.4. The van der Waals surface area contributed by atoms with Gasteiger partial charge < -0.3 is 15.7 Å². The van der Waals surface area contributed by atoms with E-state index in [4.69, 9.17) is 10.8 Å². The first-order valence-corrected chi connectivity index (χ1v) is 4.65. The van der Waals surface area contributed by atoms with Crippen LogP contribution in [-0.2, 0) is 9.59 Å². The summed E-state index contributed by atoms with van der Waals surface area (Å²) in [5.41, 5.74) is 5.35. The molecule has 0 rings (SSSR count). The number of hydrogen-bond donors (Lipinski definition) is 2. The molecular formula is C9H18N2O3. The lowest BCUT2D eigenvalue weighted by atomic mass is 10.1. The second kappa shape index (κ2) is 6.37. The Morgan fingerprint density at radius 1 is 1.50 bits per heavy atom. The lowest BCUT2D eigenvalue weighted by Crippen LogP contribution is -2.35. The van der Waals surface area contributed by atoms with Crippen LogP contribution in [0.25, 0.3) is 0 Å². The first-order valence-electron chi connectivity index (χ1n) is 4.65. The van der Waals surface area contributed by atoms with Crippen molar-refractivity contribution in [3.05, 3.63) is 0 Å². The van der Waals surface area contributed by atoms with Crippen LogP contribution >= 0.6 is 0 Å². The molecule has 0 bridgehead atoms. The number of carbonyl (C=O) groups is 2. The summed E-state index contributed by atoms with van der Waals surface area (Å²) in [7, 11) is 1.66. The molecular weight excluding hydrogens is 184 g/mol. The lowest BCUT2D eigenvalue weighted by molar-refractivity contribution is -0.138. The van der Waals surface area contributed by atoms with Crippen LogP contribution in [0.15, 0.2) is 0 Å². The molecule has 0 aromatic heterocycles. The molecule has 82 valence electrons. The van der Waals surface area contributed by atoms with Crippen molar-refractivity contribution >= 4 is 11.9 Å². The topological polar surface area (TPSA) is 83.6 Å². The maximum Gasteiger partial charge on any atom is 0.303 e. The average Bonchev–Trinajstić information content (AvgIpc) is 2.14. The SMILES string of the molecule is CC(CN)C(=O)N(C)CCCC(=O)O. The predicted octanol–water partition coefficient (Wildman–Crippen LogP) is -0.0956. The largest absolute Gasteiger partial charge is 0.481 e. The summed E-state index contributed by atoms with van der Waals surface area (Å²) in [5.74, 6) is -1.06. The highest BCUT2D eigenvalue weighted by Crippen LogP contribution is 2.00. The zero-order valence-corrected chi connectivity index (χ0v) is 8.69. The number of hydrogen-bond acceptors (Lipinski definition) is 3. The summed E-state index contributed by atoms with van der Waals surface area (Å²) in [6.45, 7) is 2.55. The minimum absolute atomic E-state index is 0.0297. The van der Waals surface area contributed by atoms with E-state index in [-0.39, 0.29) is 18.2 Å². The van der Waals surface area contributed by atoms with Gasteiger partial charge in [0.25, 0.3) is 0 Å². The van der Waals surface area contributed by atoms with Gasteiger partial charge in [-0.15, -0.1) is 0 Å². The molecule has 0 aliphatic rings. The van der Waals surface area contributed by atoms with Gasteiger partial charge in [0, 0.05) is 32.5 Å². The molecule has 0 spiro atoms. The Balaban J connectivity index is 3.78. The third-order valence-electron chi connectivity index (χ3n) is 2.04. The summed E-state index contributed by atoms with van der Waals surface area (Å²) < 4.78 is 0. The highest BCUT2D eigenvalue weighted by Gasteiger charge is 2.15. The average molecular weight is 202 g/mol. The van der Waals surface area contributed by atoms with Gasteiger partial charge in [0.2, 0.25) is 5.91 Å². The normalized spacial score (nSPS) is 12.2. The van der Waals surface area contributed by atoms with Crippen molar-refractivity contribution in [2.24, 2.45) is 11.7 Å². The molecule has 0 saturated carbocycles. The minimum atomic E-state index is -0.835. The van der Waals surface area contributed by atoms with E-state index in [1.54, 1.807) is 14.0 Å². The van der Waals surface area contributed by atoms with Gasteiger partial charge in [0.05, 0.1) is 0 Å². The molecule has 14 heavy (non-hydrogen) atoms. The van der Waals surface area contributed by atoms with Gasteiger partial charge >= 0.3 is 5.97 Å². The molecule has 1 unspecified atom stereocenters. The Labute approximate surface area is 83.9 Å². The van der Waals surface area contributed by atoms with Gasteiger partial charge in [-0.05, 0) is 6.42 Å². The number of aliphatic carboxylic acids is 1. The van der Waals surface area contributed by atoms with E-state index < -0.39 is 5.97 Å². The van der Waals surface area contributed by atoms with E-state index in [1.807, 2.05) is 0 Å². The van der Waals surface area contributed by atoms with Gasteiger partial charge in [0.15, 0.2) is 0 Å². The van der Waals surface area contributed by atoms with E-state index in [0.717, 1.165) is 0 Å². The van der Waals surface area contributed by atoms with Crippen molar-refractivity contribution in [2.45, 2.75) is 19.8 Å². The summed E-state index contributed by atoms with van der Waals surface area (Å²) in [6, 6.07) is 0. The zero-order chi connectivity index (χ0) is 11.1. The summed E-state index contributed by atoms with van der Waals surface area (Å²) >= 11 is 0. The number of amides is 1. The van der Waals surface area contributed by atoms with Gasteiger partial charge in [-0.25, -0.2) is 0 Å². The number of nitrogens with two attached hydrogens (primary N) is 1. The third-order valence-corrected chi connectivity index (χ3v) is 2.04. The van der Waals surface area contributed by atoms with Crippen LogP contribution in [0.5, 0.6) is 0 Å². The fraction of sp³-hybridized carbons (Fsp3) is 0.778. The smallest absolute Gasteiger partial charge is 0.303 e. The molecule has 0 aliphatic carbocycles. The van der Waals surface area contributed by atoms with E-state index in [9.17, 15) is 9.59 Å². The standard InChI is InChI=1S/C9H18N2O3/c1-7(6-10)9(14)11(2)5-3-4-8(12)13/h7H,3-6,10H2,1-2H3,(H,12,13). The number of carboxylic acid groups (broad SMARTS) is 1.